The number of thiazole rings is 1. The highest BCUT2D eigenvalue weighted by molar-refractivity contribution is 7.15. The van der Waals surface area contributed by atoms with Gasteiger partial charge < -0.3 is 10.6 Å². The van der Waals surface area contributed by atoms with E-state index in [-0.39, 0.29) is 0 Å². The second-order valence-corrected chi connectivity index (χ2v) is 7.69. The Hall–Kier alpha value is -2.18. The van der Waals surface area contributed by atoms with Gasteiger partial charge in [-0.05, 0) is 24.8 Å². The van der Waals surface area contributed by atoms with E-state index < -0.39 is 0 Å². The molecule has 3 aromatic rings. The van der Waals surface area contributed by atoms with Gasteiger partial charge in [0.25, 0.3) is 0 Å². The quantitative estimate of drug-likeness (QED) is 0.508. The lowest BCUT2D eigenvalue weighted by atomic mass is 10.2. The summed E-state index contributed by atoms with van der Waals surface area (Å²) in [5.74, 6) is 0.825. The molecular formula is C19H22N4S2. The van der Waals surface area contributed by atoms with E-state index >= 15 is 0 Å². The van der Waals surface area contributed by atoms with Crippen LogP contribution < -0.4 is 10.6 Å². The predicted molar refractivity (Wildman–Crippen MR) is 109 cm³/mol. The summed E-state index contributed by atoms with van der Waals surface area (Å²) in [7, 11) is 1.80. The maximum atomic E-state index is 4.70. The standard InChI is InChI=1S/C19H22N4S2/c1-14-17(25-18(23-14)15-7-4-3-5-8-15)13-22-19(20-2)21-11-10-16-9-6-12-24-16/h3-9,12H,10-11,13H2,1-2H3,(H2,20,21,22). The van der Waals surface area contributed by atoms with E-state index in [1.54, 1.807) is 29.7 Å². The molecule has 2 aromatic heterocycles. The zero-order chi connectivity index (χ0) is 17.5. The summed E-state index contributed by atoms with van der Waals surface area (Å²) >= 11 is 3.52. The molecule has 0 saturated heterocycles. The summed E-state index contributed by atoms with van der Waals surface area (Å²) in [5, 5.41) is 9.93. The maximum Gasteiger partial charge on any atom is 0.191 e. The van der Waals surface area contributed by atoms with Gasteiger partial charge in [0.15, 0.2) is 5.96 Å². The molecule has 2 N–H and O–H groups in total. The number of nitrogens with zero attached hydrogens (tertiary/aromatic N) is 2. The first-order valence-electron chi connectivity index (χ1n) is 8.25. The van der Waals surface area contributed by atoms with Gasteiger partial charge in [-0.15, -0.1) is 22.7 Å². The smallest absolute Gasteiger partial charge is 0.191 e. The number of hydrogen-bond donors (Lipinski definition) is 2. The lowest BCUT2D eigenvalue weighted by Crippen LogP contribution is -2.37. The molecule has 0 aliphatic rings. The van der Waals surface area contributed by atoms with Crippen LogP contribution in [0, 0.1) is 6.92 Å². The molecule has 0 radical (unpaired) electrons. The van der Waals surface area contributed by atoms with Crippen molar-refractivity contribution in [2.45, 2.75) is 19.9 Å². The third-order valence-corrected chi connectivity index (χ3v) is 5.94. The Labute approximate surface area is 156 Å². The minimum absolute atomic E-state index is 0.731. The van der Waals surface area contributed by atoms with Gasteiger partial charge in [-0.2, -0.15) is 0 Å². The van der Waals surface area contributed by atoms with Gasteiger partial charge in [-0.1, -0.05) is 36.4 Å². The zero-order valence-corrected chi connectivity index (χ0v) is 16.1. The van der Waals surface area contributed by atoms with Crippen LogP contribution in [0.4, 0.5) is 0 Å². The van der Waals surface area contributed by atoms with Crippen molar-refractivity contribution in [3.63, 3.8) is 0 Å². The number of benzene rings is 1. The molecule has 0 aliphatic carbocycles. The number of aliphatic imine (C=N–C) groups is 1. The Kier molecular flexibility index (Phi) is 6.19. The molecule has 0 bridgehead atoms. The fourth-order valence-corrected chi connectivity index (χ4v) is 4.16. The van der Waals surface area contributed by atoms with Crippen molar-refractivity contribution in [1.82, 2.24) is 15.6 Å². The van der Waals surface area contributed by atoms with Crippen LogP contribution in [0.25, 0.3) is 10.6 Å². The van der Waals surface area contributed by atoms with Gasteiger partial charge in [0, 0.05) is 28.9 Å². The van der Waals surface area contributed by atoms with E-state index in [0.717, 1.165) is 36.2 Å². The van der Waals surface area contributed by atoms with Crippen LogP contribution in [0.2, 0.25) is 0 Å². The number of aryl methyl sites for hydroxylation is 1. The van der Waals surface area contributed by atoms with Crippen LogP contribution in [0.15, 0.2) is 52.8 Å². The van der Waals surface area contributed by atoms with Crippen LogP contribution in [0.1, 0.15) is 15.4 Å². The second-order valence-electron chi connectivity index (χ2n) is 5.58. The summed E-state index contributed by atoms with van der Waals surface area (Å²) in [6.45, 7) is 3.67. The van der Waals surface area contributed by atoms with Gasteiger partial charge in [0.05, 0.1) is 12.2 Å². The predicted octanol–water partition coefficient (Wildman–Crippen LogP) is 4.09. The van der Waals surface area contributed by atoms with Crippen LogP contribution in [0.5, 0.6) is 0 Å². The largest absolute Gasteiger partial charge is 0.356 e. The van der Waals surface area contributed by atoms with Gasteiger partial charge in [0.1, 0.15) is 5.01 Å². The van der Waals surface area contributed by atoms with Crippen molar-refractivity contribution in [2.75, 3.05) is 13.6 Å². The minimum Gasteiger partial charge on any atom is -0.356 e. The first-order valence-corrected chi connectivity index (χ1v) is 9.94. The Bertz CT molecular complexity index is 807. The Morgan fingerprint density at radius 3 is 2.68 bits per heavy atom. The first-order chi connectivity index (χ1) is 12.3. The van der Waals surface area contributed by atoms with Crippen molar-refractivity contribution in [3.05, 3.63) is 63.3 Å². The molecule has 0 spiro atoms. The molecule has 0 aliphatic heterocycles. The van der Waals surface area contributed by atoms with Crippen molar-refractivity contribution in [2.24, 2.45) is 4.99 Å². The summed E-state index contributed by atoms with van der Waals surface area (Å²) in [4.78, 5) is 11.6. The molecule has 0 unspecified atom stereocenters. The number of nitrogens with one attached hydrogen (secondary N) is 2. The van der Waals surface area contributed by atoms with Crippen molar-refractivity contribution >= 4 is 28.6 Å². The van der Waals surface area contributed by atoms with E-state index in [0.29, 0.717) is 0 Å². The minimum atomic E-state index is 0.731. The summed E-state index contributed by atoms with van der Waals surface area (Å²) in [5.41, 5.74) is 2.24. The summed E-state index contributed by atoms with van der Waals surface area (Å²) < 4.78 is 0. The molecule has 2 heterocycles. The summed E-state index contributed by atoms with van der Waals surface area (Å²) in [6.07, 6.45) is 1.01. The lowest BCUT2D eigenvalue weighted by molar-refractivity contribution is 0.801. The van der Waals surface area contributed by atoms with Crippen molar-refractivity contribution in [1.29, 1.82) is 0 Å². The van der Waals surface area contributed by atoms with E-state index in [9.17, 15) is 0 Å². The third kappa shape index (κ3) is 4.90. The molecule has 6 heteroatoms. The van der Waals surface area contributed by atoms with Gasteiger partial charge in [-0.3, -0.25) is 4.99 Å². The van der Waals surface area contributed by atoms with E-state index in [4.69, 9.17) is 4.98 Å². The van der Waals surface area contributed by atoms with E-state index in [2.05, 4.69) is 52.2 Å². The fourth-order valence-electron chi connectivity index (χ4n) is 2.44. The Morgan fingerprint density at radius 1 is 1.12 bits per heavy atom. The molecule has 0 saturated carbocycles. The van der Waals surface area contributed by atoms with Crippen molar-refractivity contribution < 1.29 is 0 Å². The van der Waals surface area contributed by atoms with E-state index in [1.165, 1.54) is 15.3 Å². The number of thiophene rings is 1. The highest BCUT2D eigenvalue weighted by Crippen LogP contribution is 2.27. The molecule has 0 atom stereocenters. The van der Waals surface area contributed by atoms with Crippen molar-refractivity contribution in [3.8, 4) is 10.6 Å². The molecule has 1 aromatic carbocycles. The molecule has 130 valence electrons. The van der Waals surface area contributed by atoms with Crippen LogP contribution in [0.3, 0.4) is 0 Å². The third-order valence-electron chi connectivity index (χ3n) is 3.80. The van der Waals surface area contributed by atoms with Crippen LogP contribution in [-0.4, -0.2) is 24.5 Å². The van der Waals surface area contributed by atoms with Gasteiger partial charge >= 0.3 is 0 Å². The molecule has 25 heavy (non-hydrogen) atoms. The topological polar surface area (TPSA) is 49.3 Å². The highest BCUT2D eigenvalue weighted by atomic mass is 32.1. The first kappa shape index (κ1) is 17.6. The van der Waals surface area contributed by atoms with Gasteiger partial charge in [-0.25, -0.2) is 4.98 Å². The second kappa shape index (κ2) is 8.78. The average Bonchev–Trinajstić information content (AvgIpc) is 3.28. The maximum absolute atomic E-state index is 4.70. The normalized spacial score (nSPS) is 11.5. The summed E-state index contributed by atoms with van der Waals surface area (Å²) in [6, 6.07) is 14.6. The van der Waals surface area contributed by atoms with Gasteiger partial charge in [0.2, 0.25) is 0 Å². The molecule has 3 rings (SSSR count). The molecule has 0 fully saturated rings. The molecule has 4 nitrogen and oxygen atoms in total. The fraction of sp³-hybridized carbons (Fsp3) is 0.263. The number of guanidine groups is 1. The number of hydrogen-bond acceptors (Lipinski definition) is 4. The Balaban J connectivity index is 1.54. The molecular weight excluding hydrogens is 348 g/mol. The van der Waals surface area contributed by atoms with Crippen LogP contribution >= 0.6 is 22.7 Å². The number of rotatable bonds is 6. The monoisotopic (exact) mass is 370 g/mol. The van der Waals surface area contributed by atoms with E-state index in [1.807, 2.05) is 18.2 Å². The Morgan fingerprint density at radius 2 is 1.96 bits per heavy atom. The highest BCUT2D eigenvalue weighted by Gasteiger charge is 2.09. The SMILES string of the molecule is CN=C(NCCc1cccs1)NCc1sc(-c2ccccc2)nc1C. The number of aromatic nitrogens is 1. The zero-order valence-electron chi connectivity index (χ0n) is 14.5. The average molecular weight is 371 g/mol. The van der Waals surface area contributed by atoms with Crippen LogP contribution in [-0.2, 0) is 13.0 Å². The lowest BCUT2D eigenvalue weighted by Gasteiger charge is -2.10. The molecule has 0 amide bonds.